The highest BCUT2D eigenvalue weighted by Gasteiger charge is 2.32. The van der Waals surface area contributed by atoms with Crippen molar-refractivity contribution in [1.82, 2.24) is 14.7 Å². The molecule has 0 N–H and O–H groups in total. The van der Waals surface area contributed by atoms with Crippen LogP contribution in [0.25, 0.3) is 11.3 Å². The molecule has 1 amide bonds. The Bertz CT molecular complexity index is 938. The zero-order chi connectivity index (χ0) is 18.0. The molecule has 2 aromatic rings. The molecule has 8 heteroatoms. The maximum Gasteiger partial charge on any atom is 0.267 e. The van der Waals surface area contributed by atoms with Crippen LogP contribution in [0.1, 0.15) is 6.42 Å². The summed E-state index contributed by atoms with van der Waals surface area (Å²) in [5.41, 5.74) is 1.07. The average Bonchev–Trinajstić information content (AvgIpc) is 2.96. The van der Waals surface area contributed by atoms with Crippen molar-refractivity contribution in [3.63, 3.8) is 0 Å². The zero-order valence-corrected chi connectivity index (χ0v) is 14.6. The Morgan fingerprint density at radius 3 is 2.60 bits per heavy atom. The highest BCUT2D eigenvalue weighted by molar-refractivity contribution is 7.91. The average molecular weight is 361 g/mol. The van der Waals surface area contributed by atoms with E-state index in [1.54, 1.807) is 13.1 Å². The molecular formula is C17H19N3O4S. The molecular weight excluding hydrogens is 342 g/mol. The van der Waals surface area contributed by atoms with Crippen LogP contribution in [0.5, 0.6) is 0 Å². The van der Waals surface area contributed by atoms with Gasteiger partial charge in [-0.05, 0) is 12.5 Å². The molecule has 1 aliphatic heterocycles. The van der Waals surface area contributed by atoms with Gasteiger partial charge < -0.3 is 4.90 Å². The number of hydrogen-bond acceptors (Lipinski definition) is 5. The molecule has 1 atom stereocenters. The van der Waals surface area contributed by atoms with Gasteiger partial charge in [0.2, 0.25) is 5.91 Å². The van der Waals surface area contributed by atoms with E-state index >= 15 is 0 Å². The largest absolute Gasteiger partial charge is 0.340 e. The molecule has 0 radical (unpaired) electrons. The number of hydrogen-bond donors (Lipinski definition) is 0. The molecule has 0 saturated carbocycles. The fourth-order valence-corrected chi connectivity index (χ4v) is 4.62. The minimum atomic E-state index is -3.08. The third-order valence-electron chi connectivity index (χ3n) is 4.37. The van der Waals surface area contributed by atoms with Crippen LogP contribution in [0.4, 0.5) is 0 Å². The zero-order valence-electron chi connectivity index (χ0n) is 13.8. The van der Waals surface area contributed by atoms with Crippen molar-refractivity contribution in [1.29, 1.82) is 0 Å². The van der Waals surface area contributed by atoms with E-state index in [0.717, 1.165) is 10.2 Å². The predicted molar refractivity (Wildman–Crippen MR) is 93.8 cm³/mol. The first-order valence-corrected chi connectivity index (χ1v) is 9.77. The number of nitrogens with zero attached hydrogens (tertiary/aromatic N) is 3. The van der Waals surface area contributed by atoms with Crippen molar-refractivity contribution in [3.05, 3.63) is 52.8 Å². The van der Waals surface area contributed by atoms with Gasteiger partial charge in [-0.25, -0.2) is 13.1 Å². The van der Waals surface area contributed by atoms with Crippen LogP contribution in [0.3, 0.4) is 0 Å². The van der Waals surface area contributed by atoms with Crippen molar-refractivity contribution in [3.8, 4) is 11.3 Å². The molecule has 0 spiro atoms. The molecule has 1 saturated heterocycles. The number of carbonyl (C=O) groups excluding carboxylic acids is 1. The summed E-state index contributed by atoms with van der Waals surface area (Å²) >= 11 is 0. The predicted octanol–water partition coefficient (Wildman–Crippen LogP) is 0.556. The smallest absolute Gasteiger partial charge is 0.267 e. The number of likely N-dealkylation sites (N-methyl/N-ethyl adjacent to an activating group) is 1. The van der Waals surface area contributed by atoms with E-state index in [0.29, 0.717) is 12.1 Å². The lowest BCUT2D eigenvalue weighted by atomic mass is 10.1. The maximum absolute atomic E-state index is 12.4. The molecule has 132 valence electrons. The monoisotopic (exact) mass is 361 g/mol. The van der Waals surface area contributed by atoms with E-state index in [9.17, 15) is 18.0 Å². The van der Waals surface area contributed by atoms with E-state index in [1.807, 2.05) is 30.3 Å². The minimum Gasteiger partial charge on any atom is -0.340 e. The quantitative estimate of drug-likeness (QED) is 0.794. The summed E-state index contributed by atoms with van der Waals surface area (Å²) in [5, 5.41) is 4.26. The topological polar surface area (TPSA) is 89.3 Å². The molecule has 1 fully saturated rings. The second-order valence-corrected chi connectivity index (χ2v) is 8.37. The Morgan fingerprint density at radius 2 is 1.96 bits per heavy atom. The van der Waals surface area contributed by atoms with Crippen molar-refractivity contribution < 1.29 is 13.2 Å². The summed E-state index contributed by atoms with van der Waals surface area (Å²) in [6.07, 6.45) is 0.428. The van der Waals surface area contributed by atoms with Crippen LogP contribution in [0.15, 0.2) is 47.3 Å². The molecule has 3 rings (SSSR count). The van der Waals surface area contributed by atoms with Crippen molar-refractivity contribution in [2.24, 2.45) is 0 Å². The lowest BCUT2D eigenvalue weighted by Gasteiger charge is -2.23. The summed E-state index contributed by atoms with van der Waals surface area (Å²) < 4.78 is 24.3. The summed E-state index contributed by atoms with van der Waals surface area (Å²) in [5.74, 6) is -0.264. The highest BCUT2D eigenvalue weighted by atomic mass is 32.2. The van der Waals surface area contributed by atoms with Gasteiger partial charge in [-0.15, -0.1) is 0 Å². The number of carbonyl (C=O) groups is 1. The van der Waals surface area contributed by atoms with Gasteiger partial charge in [-0.1, -0.05) is 30.3 Å². The third-order valence-corrected chi connectivity index (χ3v) is 6.12. The Morgan fingerprint density at radius 1 is 1.24 bits per heavy atom. The van der Waals surface area contributed by atoms with Gasteiger partial charge in [-0.2, -0.15) is 5.10 Å². The fourth-order valence-electron chi connectivity index (χ4n) is 2.85. The molecule has 1 aromatic heterocycles. The standard InChI is InChI=1S/C17H19N3O4S/c1-19(14-9-10-25(23,24)12-14)17(22)11-20-16(21)8-7-15(18-20)13-5-3-2-4-6-13/h2-8,14H,9-12H2,1H3/t14-/m1/s1. The van der Waals surface area contributed by atoms with Gasteiger partial charge in [-0.3, -0.25) is 9.59 Å². The van der Waals surface area contributed by atoms with Crippen LogP contribution in [0.2, 0.25) is 0 Å². The number of amides is 1. The number of sulfone groups is 1. The first kappa shape index (κ1) is 17.3. The molecule has 2 heterocycles. The van der Waals surface area contributed by atoms with Gasteiger partial charge >= 0.3 is 0 Å². The van der Waals surface area contributed by atoms with Crippen LogP contribution in [-0.4, -0.2) is 53.6 Å². The normalized spacial score (nSPS) is 18.8. The van der Waals surface area contributed by atoms with Crippen LogP contribution in [0, 0.1) is 0 Å². The second kappa shape index (κ2) is 6.79. The molecule has 0 unspecified atom stereocenters. The Balaban J connectivity index is 1.78. The second-order valence-electron chi connectivity index (χ2n) is 6.14. The summed E-state index contributed by atoms with van der Waals surface area (Å²) in [4.78, 5) is 25.9. The number of rotatable bonds is 4. The van der Waals surface area contributed by atoms with Crippen LogP contribution in [-0.2, 0) is 21.2 Å². The first-order chi connectivity index (χ1) is 11.9. The Labute approximate surface area is 145 Å². The van der Waals surface area contributed by atoms with Crippen LogP contribution < -0.4 is 5.56 Å². The van der Waals surface area contributed by atoms with Crippen molar-refractivity contribution >= 4 is 15.7 Å². The SMILES string of the molecule is CN(C(=O)Cn1nc(-c2ccccc2)ccc1=O)[C@@H]1CCS(=O)(=O)C1. The van der Waals surface area contributed by atoms with Gasteiger partial charge in [0.25, 0.3) is 5.56 Å². The first-order valence-electron chi connectivity index (χ1n) is 7.95. The number of benzene rings is 1. The maximum atomic E-state index is 12.4. The Hall–Kier alpha value is -2.48. The minimum absolute atomic E-state index is 0.0262. The Kier molecular flexibility index (Phi) is 4.71. The van der Waals surface area contributed by atoms with E-state index in [2.05, 4.69) is 5.10 Å². The van der Waals surface area contributed by atoms with Crippen molar-refractivity contribution in [2.75, 3.05) is 18.6 Å². The molecule has 7 nitrogen and oxygen atoms in total. The summed E-state index contributed by atoms with van der Waals surface area (Å²) in [6, 6.07) is 12.0. The van der Waals surface area contributed by atoms with Gasteiger partial charge in [0.05, 0.1) is 17.2 Å². The summed E-state index contributed by atoms with van der Waals surface area (Å²) in [7, 11) is -1.51. The fraction of sp³-hybridized carbons (Fsp3) is 0.353. The highest BCUT2D eigenvalue weighted by Crippen LogP contribution is 2.17. The van der Waals surface area contributed by atoms with E-state index in [1.165, 1.54) is 11.0 Å². The van der Waals surface area contributed by atoms with E-state index in [4.69, 9.17) is 0 Å². The van der Waals surface area contributed by atoms with E-state index < -0.39 is 9.84 Å². The third kappa shape index (κ3) is 3.96. The molecule has 0 bridgehead atoms. The molecule has 1 aliphatic rings. The lowest BCUT2D eigenvalue weighted by molar-refractivity contribution is -0.132. The summed E-state index contributed by atoms with van der Waals surface area (Å²) in [6.45, 7) is -0.216. The van der Waals surface area contributed by atoms with Gasteiger partial charge in [0.1, 0.15) is 6.54 Å². The molecule has 1 aromatic carbocycles. The number of aromatic nitrogens is 2. The van der Waals surface area contributed by atoms with Crippen LogP contribution >= 0.6 is 0 Å². The van der Waals surface area contributed by atoms with Gasteiger partial charge in [0.15, 0.2) is 9.84 Å². The van der Waals surface area contributed by atoms with Gasteiger partial charge in [0, 0.05) is 24.7 Å². The van der Waals surface area contributed by atoms with Crippen molar-refractivity contribution in [2.45, 2.75) is 19.0 Å². The molecule has 0 aliphatic carbocycles. The molecule has 25 heavy (non-hydrogen) atoms. The lowest BCUT2D eigenvalue weighted by Crippen LogP contribution is -2.41. The van der Waals surface area contributed by atoms with E-state index in [-0.39, 0.29) is 35.6 Å².